The third-order valence-electron chi connectivity index (χ3n) is 3.84. The first kappa shape index (κ1) is 23.9. The van der Waals surface area contributed by atoms with E-state index in [0.717, 1.165) is 39.0 Å². The van der Waals surface area contributed by atoms with Crippen LogP contribution in [0.15, 0.2) is 0 Å². The molecule has 7 nitrogen and oxygen atoms in total. The topological polar surface area (TPSA) is 104 Å². The van der Waals surface area contributed by atoms with Crippen molar-refractivity contribution in [3.63, 3.8) is 0 Å². The van der Waals surface area contributed by atoms with E-state index in [-0.39, 0.29) is 0 Å². The molecule has 0 saturated heterocycles. The average Bonchev–Trinajstić information content (AvgIpc) is 2.57. The van der Waals surface area contributed by atoms with E-state index in [4.69, 9.17) is 24.7 Å². The Balaban J connectivity index is 4.53. The minimum Gasteiger partial charge on any atom is -0.373 e. The smallest absolute Gasteiger partial charge is 0.373 e. The number of nitrogens with one attached hydrogen (secondary N) is 2. The summed E-state index contributed by atoms with van der Waals surface area (Å²) in [5, 5.41) is 6.00. The zero-order valence-electron chi connectivity index (χ0n) is 15.9. The number of nitrogens with two attached hydrogens (primary N) is 2. The molecule has 6 N–H and O–H groups in total. The molecular formula is C16H39N4O3Si. The van der Waals surface area contributed by atoms with Crippen LogP contribution in [0.2, 0.25) is 0 Å². The molecule has 0 spiro atoms. The second-order valence-corrected chi connectivity index (χ2v) is 8.63. The fourth-order valence-corrected chi connectivity index (χ4v) is 5.66. The Morgan fingerprint density at radius 3 is 1.83 bits per heavy atom. The number of hydrogen-bond donors (Lipinski definition) is 4. The van der Waals surface area contributed by atoms with E-state index in [1.165, 1.54) is 0 Å². The molecule has 0 aromatic rings. The molecule has 0 aliphatic rings. The molecule has 145 valence electrons. The van der Waals surface area contributed by atoms with Crippen molar-refractivity contribution in [1.29, 1.82) is 0 Å². The molecule has 0 aliphatic heterocycles. The van der Waals surface area contributed by atoms with Crippen LogP contribution in [0.4, 0.5) is 0 Å². The predicted molar refractivity (Wildman–Crippen MR) is 102 cm³/mol. The highest BCUT2D eigenvalue weighted by molar-refractivity contribution is 6.64. The van der Waals surface area contributed by atoms with Gasteiger partial charge in [-0.25, -0.2) is 0 Å². The number of hydrogen-bond acceptors (Lipinski definition) is 7. The van der Waals surface area contributed by atoms with Gasteiger partial charge in [-0.1, -0.05) is 6.92 Å². The van der Waals surface area contributed by atoms with Crippen molar-refractivity contribution in [2.75, 3.05) is 52.5 Å². The Morgan fingerprint density at radius 1 is 0.917 bits per heavy atom. The Labute approximate surface area is 149 Å². The molecule has 24 heavy (non-hydrogen) atoms. The zero-order chi connectivity index (χ0) is 18.3. The first-order chi connectivity index (χ1) is 11.6. The summed E-state index contributed by atoms with van der Waals surface area (Å²) in [6, 6.07) is 0. The maximum atomic E-state index is 6.69. The largest absolute Gasteiger partial charge is 0.521 e. The fraction of sp³-hybridized carbons (Fsp3) is 0.938. The average molecular weight is 364 g/mol. The van der Waals surface area contributed by atoms with Crippen molar-refractivity contribution >= 4 is 8.80 Å². The molecule has 0 fully saturated rings. The van der Waals surface area contributed by atoms with Gasteiger partial charge in [-0.3, -0.25) is 0 Å². The Bertz CT molecular complexity index is 283. The van der Waals surface area contributed by atoms with Crippen LogP contribution in [0.1, 0.15) is 40.0 Å². The second-order valence-electron chi connectivity index (χ2n) is 5.65. The van der Waals surface area contributed by atoms with Gasteiger partial charge in [-0.2, -0.15) is 0 Å². The highest BCUT2D eigenvalue weighted by Crippen LogP contribution is 2.30. The minimum atomic E-state index is -2.97. The molecule has 0 aromatic carbocycles. The lowest BCUT2D eigenvalue weighted by Crippen LogP contribution is -2.70. The Morgan fingerprint density at radius 2 is 1.42 bits per heavy atom. The van der Waals surface area contributed by atoms with Crippen LogP contribution in [0.25, 0.3) is 0 Å². The number of rotatable bonds is 17. The summed E-state index contributed by atoms with van der Waals surface area (Å²) in [7, 11) is -2.97. The Kier molecular flexibility index (Phi) is 14.1. The lowest BCUT2D eigenvalue weighted by molar-refractivity contribution is 0.0429. The van der Waals surface area contributed by atoms with E-state index in [2.05, 4.69) is 17.6 Å². The molecule has 8 heteroatoms. The minimum absolute atomic E-state index is 0.524. The van der Waals surface area contributed by atoms with Gasteiger partial charge in [0.05, 0.1) is 5.16 Å². The van der Waals surface area contributed by atoms with Gasteiger partial charge in [0.25, 0.3) is 0 Å². The lowest BCUT2D eigenvalue weighted by atomic mass is 10.1. The summed E-state index contributed by atoms with van der Waals surface area (Å²) in [6.45, 7) is 15.7. The third kappa shape index (κ3) is 7.88. The predicted octanol–water partition coefficient (Wildman–Crippen LogP) is 0.414. The van der Waals surface area contributed by atoms with Gasteiger partial charge >= 0.3 is 8.80 Å². The summed E-state index contributed by atoms with van der Waals surface area (Å²) < 4.78 is 17.9. The molecule has 0 bridgehead atoms. The van der Waals surface area contributed by atoms with Gasteiger partial charge < -0.3 is 35.4 Å². The highest BCUT2D eigenvalue weighted by Gasteiger charge is 2.57. The van der Waals surface area contributed by atoms with E-state index >= 15 is 0 Å². The van der Waals surface area contributed by atoms with Gasteiger partial charge in [0, 0.05) is 46.0 Å². The van der Waals surface area contributed by atoms with E-state index in [0.29, 0.717) is 32.8 Å². The van der Waals surface area contributed by atoms with Crippen LogP contribution in [-0.4, -0.2) is 66.5 Å². The van der Waals surface area contributed by atoms with Gasteiger partial charge in [-0.05, 0) is 46.6 Å². The third-order valence-corrected chi connectivity index (χ3v) is 7.56. The van der Waals surface area contributed by atoms with Gasteiger partial charge in [-0.15, -0.1) is 0 Å². The lowest BCUT2D eigenvalue weighted by Gasteiger charge is -2.42. The molecule has 1 atom stereocenters. The molecule has 0 heterocycles. The van der Waals surface area contributed by atoms with E-state index < -0.39 is 14.0 Å². The van der Waals surface area contributed by atoms with Crippen LogP contribution in [-0.2, 0) is 13.3 Å². The van der Waals surface area contributed by atoms with E-state index in [1.807, 2.05) is 20.8 Å². The molecule has 0 rings (SSSR count). The summed E-state index contributed by atoms with van der Waals surface area (Å²) >= 11 is 0. The van der Waals surface area contributed by atoms with Gasteiger partial charge in [0.15, 0.2) is 0 Å². The van der Waals surface area contributed by atoms with Crippen LogP contribution >= 0.6 is 0 Å². The van der Waals surface area contributed by atoms with Crippen LogP contribution in [0.3, 0.4) is 0 Å². The van der Waals surface area contributed by atoms with Gasteiger partial charge in [0.2, 0.25) is 0 Å². The quantitative estimate of drug-likeness (QED) is 0.219. The summed E-state index contributed by atoms with van der Waals surface area (Å²) in [5.74, 6) is 0. The molecule has 0 aliphatic carbocycles. The Hall–Kier alpha value is -0.0631. The molecule has 0 saturated carbocycles. The SMILES string of the molecule is [CH2]CC(N)(CCCNCCNCCN)[Si](OCC)(OCC)OCC. The molecule has 1 radical (unpaired) electrons. The van der Waals surface area contributed by atoms with Crippen molar-refractivity contribution < 1.29 is 13.3 Å². The fourth-order valence-electron chi connectivity index (χ4n) is 2.62. The zero-order valence-corrected chi connectivity index (χ0v) is 16.9. The van der Waals surface area contributed by atoms with Crippen molar-refractivity contribution in [2.45, 2.75) is 45.2 Å². The van der Waals surface area contributed by atoms with Crippen molar-refractivity contribution in [2.24, 2.45) is 11.5 Å². The first-order valence-electron chi connectivity index (χ1n) is 9.17. The molecule has 0 aromatic heterocycles. The summed E-state index contributed by atoms with van der Waals surface area (Å²) in [6.07, 6.45) is 2.20. The van der Waals surface area contributed by atoms with E-state index in [1.54, 1.807) is 0 Å². The highest BCUT2D eigenvalue weighted by atomic mass is 28.4. The standard InChI is InChI=1S/C16H39N4O3Si/c1-5-16(18,10-9-12-19-14-15-20-13-11-17)24(21-6-2,22-7-3)23-8-4/h19-20H,1,5-15,17-18H2,2-4H3. The second kappa shape index (κ2) is 14.1. The monoisotopic (exact) mass is 363 g/mol. The van der Waals surface area contributed by atoms with E-state index in [9.17, 15) is 0 Å². The van der Waals surface area contributed by atoms with Gasteiger partial charge in [0.1, 0.15) is 0 Å². The van der Waals surface area contributed by atoms with Crippen LogP contribution in [0, 0.1) is 6.92 Å². The molecule has 0 amide bonds. The van der Waals surface area contributed by atoms with Crippen molar-refractivity contribution in [3.05, 3.63) is 6.92 Å². The molecule has 1 unspecified atom stereocenters. The maximum absolute atomic E-state index is 6.69. The normalized spacial score (nSPS) is 14.8. The maximum Gasteiger partial charge on any atom is 0.521 e. The molecular weight excluding hydrogens is 324 g/mol. The first-order valence-corrected chi connectivity index (χ1v) is 10.9. The van der Waals surface area contributed by atoms with Crippen LogP contribution in [0.5, 0.6) is 0 Å². The van der Waals surface area contributed by atoms with Crippen molar-refractivity contribution in [1.82, 2.24) is 10.6 Å². The van der Waals surface area contributed by atoms with Crippen molar-refractivity contribution in [3.8, 4) is 0 Å². The summed E-state index contributed by atoms with van der Waals surface area (Å²) in [5.41, 5.74) is 12.1. The summed E-state index contributed by atoms with van der Waals surface area (Å²) in [4.78, 5) is 0. The van der Waals surface area contributed by atoms with Crippen LogP contribution < -0.4 is 22.1 Å².